The number of likely N-dealkylation sites (tertiary alicyclic amines) is 1. The van der Waals surface area contributed by atoms with Crippen LogP contribution in [0.15, 0.2) is 41.8 Å². The summed E-state index contributed by atoms with van der Waals surface area (Å²) in [4.78, 5) is 26.5. The van der Waals surface area contributed by atoms with E-state index in [-0.39, 0.29) is 24.1 Å². The van der Waals surface area contributed by atoms with Crippen LogP contribution in [0.5, 0.6) is 5.75 Å². The highest BCUT2D eigenvalue weighted by Gasteiger charge is 2.24. The van der Waals surface area contributed by atoms with Crippen molar-refractivity contribution >= 4 is 23.2 Å². The van der Waals surface area contributed by atoms with Crippen molar-refractivity contribution in [2.75, 3.05) is 19.6 Å². The fourth-order valence-corrected chi connectivity index (χ4v) is 3.61. The average molecular weight is 344 g/mol. The third-order valence-electron chi connectivity index (χ3n) is 4.36. The van der Waals surface area contributed by atoms with Gasteiger partial charge in [0.25, 0.3) is 5.91 Å². The van der Waals surface area contributed by atoms with Crippen molar-refractivity contribution in [2.45, 2.75) is 18.8 Å². The Morgan fingerprint density at radius 1 is 1.17 bits per heavy atom. The van der Waals surface area contributed by atoms with Crippen LogP contribution in [-0.4, -0.2) is 41.5 Å². The molecular formula is C18H20N2O3S. The van der Waals surface area contributed by atoms with Gasteiger partial charge >= 0.3 is 0 Å². The molecular weight excluding hydrogens is 324 g/mol. The Balaban J connectivity index is 1.46. The van der Waals surface area contributed by atoms with E-state index in [1.165, 1.54) is 16.9 Å². The number of thiophene rings is 1. The number of hydrogen-bond acceptors (Lipinski definition) is 4. The second-order valence-corrected chi connectivity index (χ2v) is 6.85. The van der Waals surface area contributed by atoms with Crippen LogP contribution >= 0.6 is 11.3 Å². The lowest BCUT2D eigenvalue weighted by Gasteiger charge is -2.32. The Labute approximate surface area is 144 Å². The average Bonchev–Trinajstić information content (AvgIpc) is 3.15. The summed E-state index contributed by atoms with van der Waals surface area (Å²) in [5.74, 6) is 0.449. The minimum absolute atomic E-state index is 0.0379. The van der Waals surface area contributed by atoms with Crippen LogP contribution in [0.1, 0.15) is 34.0 Å². The van der Waals surface area contributed by atoms with Crippen molar-refractivity contribution in [3.05, 3.63) is 52.2 Å². The largest absolute Gasteiger partial charge is 0.508 e. The van der Waals surface area contributed by atoms with Crippen molar-refractivity contribution in [3.63, 3.8) is 0 Å². The Kier molecular flexibility index (Phi) is 5.15. The molecule has 0 atom stereocenters. The summed E-state index contributed by atoms with van der Waals surface area (Å²) in [5.41, 5.74) is 1.20. The van der Waals surface area contributed by atoms with E-state index >= 15 is 0 Å². The monoisotopic (exact) mass is 344 g/mol. The number of amides is 2. The molecule has 0 bridgehead atoms. The number of hydrogen-bond donors (Lipinski definition) is 2. The zero-order chi connectivity index (χ0) is 16.9. The van der Waals surface area contributed by atoms with E-state index < -0.39 is 0 Å². The molecule has 3 rings (SSSR count). The first-order chi connectivity index (χ1) is 11.6. The third-order valence-corrected chi connectivity index (χ3v) is 5.23. The van der Waals surface area contributed by atoms with E-state index in [0.717, 1.165) is 12.8 Å². The molecule has 5 nitrogen and oxygen atoms in total. The fraction of sp³-hybridized carbons (Fsp3) is 0.333. The van der Waals surface area contributed by atoms with Crippen LogP contribution in [0.3, 0.4) is 0 Å². The molecule has 0 spiro atoms. The zero-order valence-corrected chi connectivity index (χ0v) is 14.1. The van der Waals surface area contributed by atoms with Crippen molar-refractivity contribution < 1.29 is 14.7 Å². The molecule has 1 aromatic heterocycles. The molecule has 2 N–H and O–H groups in total. The molecule has 2 amide bonds. The van der Waals surface area contributed by atoms with Gasteiger partial charge in [0.1, 0.15) is 5.75 Å². The lowest BCUT2D eigenvalue weighted by atomic mass is 9.89. The summed E-state index contributed by atoms with van der Waals surface area (Å²) in [7, 11) is 0. The molecule has 126 valence electrons. The summed E-state index contributed by atoms with van der Waals surface area (Å²) in [6.07, 6.45) is 1.80. The molecule has 0 aliphatic carbocycles. The van der Waals surface area contributed by atoms with E-state index in [9.17, 15) is 14.7 Å². The fourth-order valence-electron chi connectivity index (χ4n) is 2.97. The lowest BCUT2D eigenvalue weighted by molar-refractivity contribution is -0.131. The van der Waals surface area contributed by atoms with Crippen LogP contribution in [-0.2, 0) is 4.79 Å². The summed E-state index contributed by atoms with van der Waals surface area (Å²) in [6, 6.07) is 10.8. The number of aromatic hydroxyl groups is 1. The van der Waals surface area contributed by atoms with Gasteiger partial charge in [-0.05, 0) is 47.9 Å². The first-order valence-electron chi connectivity index (χ1n) is 8.02. The van der Waals surface area contributed by atoms with Gasteiger partial charge in [0.05, 0.1) is 11.4 Å². The second-order valence-electron chi connectivity index (χ2n) is 5.91. The second kappa shape index (κ2) is 7.49. The van der Waals surface area contributed by atoms with Crippen LogP contribution in [0.2, 0.25) is 0 Å². The maximum atomic E-state index is 12.2. The van der Waals surface area contributed by atoms with Gasteiger partial charge < -0.3 is 15.3 Å². The van der Waals surface area contributed by atoms with Crippen LogP contribution in [0, 0.1) is 0 Å². The van der Waals surface area contributed by atoms with Crippen LogP contribution in [0.4, 0.5) is 0 Å². The van der Waals surface area contributed by atoms with E-state index in [4.69, 9.17) is 0 Å². The smallest absolute Gasteiger partial charge is 0.261 e. The van der Waals surface area contributed by atoms with Crippen molar-refractivity contribution in [1.82, 2.24) is 10.2 Å². The molecule has 1 aromatic carbocycles. The zero-order valence-electron chi connectivity index (χ0n) is 13.3. The Morgan fingerprint density at radius 2 is 1.88 bits per heavy atom. The minimum Gasteiger partial charge on any atom is -0.508 e. The molecule has 1 saturated heterocycles. The van der Waals surface area contributed by atoms with Crippen molar-refractivity contribution in [3.8, 4) is 5.75 Å². The Hall–Kier alpha value is -2.34. The number of benzene rings is 1. The first kappa shape index (κ1) is 16.5. The molecule has 1 aliphatic rings. The quantitative estimate of drug-likeness (QED) is 0.896. The molecule has 0 radical (unpaired) electrons. The van der Waals surface area contributed by atoms with Gasteiger partial charge in [-0.2, -0.15) is 0 Å². The molecule has 24 heavy (non-hydrogen) atoms. The van der Waals surface area contributed by atoms with Gasteiger partial charge in [0.15, 0.2) is 0 Å². The van der Waals surface area contributed by atoms with E-state index in [1.54, 1.807) is 18.2 Å². The molecule has 6 heteroatoms. The SMILES string of the molecule is O=C(NCC(=O)N1CCC(c2ccc(O)cc2)CC1)c1cccs1. The van der Waals surface area contributed by atoms with Gasteiger partial charge in [0, 0.05) is 13.1 Å². The third kappa shape index (κ3) is 3.94. The molecule has 2 heterocycles. The summed E-state index contributed by atoms with van der Waals surface area (Å²) < 4.78 is 0. The summed E-state index contributed by atoms with van der Waals surface area (Å²) >= 11 is 1.36. The summed E-state index contributed by atoms with van der Waals surface area (Å²) in [6.45, 7) is 1.43. The van der Waals surface area contributed by atoms with Gasteiger partial charge in [-0.1, -0.05) is 18.2 Å². The maximum Gasteiger partial charge on any atom is 0.261 e. The van der Waals surface area contributed by atoms with Gasteiger partial charge in [-0.25, -0.2) is 0 Å². The normalized spacial score (nSPS) is 15.2. The van der Waals surface area contributed by atoms with Gasteiger partial charge in [-0.3, -0.25) is 9.59 Å². The Bertz CT molecular complexity index is 690. The highest BCUT2D eigenvalue weighted by molar-refractivity contribution is 7.12. The lowest BCUT2D eigenvalue weighted by Crippen LogP contribution is -2.43. The molecule has 1 aliphatic heterocycles. The minimum atomic E-state index is -0.197. The predicted octanol–water partition coefficient (Wildman–Crippen LogP) is 2.59. The molecule has 2 aromatic rings. The van der Waals surface area contributed by atoms with E-state index in [2.05, 4.69) is 5.32 Å². The van der Waals surface area contributed by atoms with Crippen molar-refractivity contribution in [1.29, 1.82) is 0 Å². The van der Waals surface area contributed by atoms with Crippen LogP contribution < -0.4 is 5.32 Å². The number of rotatable bonds is 4. The number of phenolic OH excluding ortho intramolecular Hbond substituents is 1. The number of phenols is 1. The molecule has 0 saturated carbocycles. The highest BCUT2D eigenvalue weighted by atomic mass is 32.1. The van der Waals surface area contributed by atoms with E-state index in [1.807, 2.05) is 28.5 Å². The molecule has 0 unspecified atom stereocenters. The van der Waals surface area contributed by atoms with Gasteiger partial charge in [-0.15, -0.1) is 11.3 Å². The number of nitrogens with zero attached hydrogens (tertiary/aromatic N) is 1. The highest BCUT2D eigenvalue weighted by Crippen LogP contribution is 2.28. The molecule has 1 fully saturated rings. The number of carbonyl (C=O) groups excluding carboxylic acids is 2. The maximum absolute atomic E-state index is 12.2. The predicted molar refractivity (Wildman–Crippen MR) is 93.3 cm³/mol. The Morgan fingerprint density at radius 3 is 2.50 bits per heavy atom. The number of nitrogens with one attached hydrogen (secondary N) is 1. The van der Waals surface area contributed by atoms with Gasteiger partial charge in [0.2, 0.25) is 5.91 Å². The number of piperidine rings is 1. The standard InChI is InChI=1S/C18H20N2O3S/c21-15-5-3-13(4-6-15)14-7-9-20(10-8-14)17(22)12-19-18(23)16-2-1-11-24-16/h1-6,11,14,21H,7-10,12H2,(H,19,23). The van der Waals surface area contributed by atoms with Crippen molar-refractivity contribution in [2.24, 2.45) is 0 Å². The van der Waals surface area contributed by atoms with E-state index in [0.29, 0.717) is 23.9 Å². The first-order valence-corrected chi connectivity index (χ1v) is 8.90. The summed E-state index contributed by atoms with van der Waals surface area (Å²) in [5, 5.41) is 13.9. The number of carbonyl (C=O) groups is 2. The van der Waals surface area contributed by atoms with Crippen LogP contribution in [0.25, 0.3) is 0 Å². The topological polar surface area (TPSA) is 69.6 Å².